The summed E-state index contributed by atoms with van der Waals surface area (Å²) in [5.41, 5.74) is 2.94. The molecule has 39 heavy (non-hydrogen) atoms. The number of benzene rings is 3. The van der Waals surface area contributed by atoms with Crippen LogP contribution >= 0.6 is 0 Å². The van der Waals surface area contributed by atoms with Gasteiger partial charge in [-0.2, -0.15) is 0 Å². The first-order valence-electron chi connectivity index (χ1n) is 14.3. The predicted octanol–water partition coefficient (Wildman–Crippen LogP) is 8.21. The van der Waals surface area contributed by atoms with Crippen molar-refractivity contribution in [2.24, 2.45) is 22.7 Å². The largest absolute Gasteiger partial charge is 0.392 e. The monoisotopic (exact) mass is 701 g/mol. The fraction of sp³-hybridized carbons (Fsp3) is 0.457. The summed E-state index contributed by atoms with van der Waals surface area (Å²) in [5, 5.41) is 25.2. The van der Waals surface area contributed by atoms with Crippen molar-refractivity contribution in [1.82, 2.24) is 4.98 Å². The van der Waals surface area contributed by atoms with Crippen LogP contribution in [0.5, 0.6) is 0 Å². The van der Waals surface area contributed by atoms with Crippen molar-refractivity contribution in [2.45, 2.75) is 78.4 Å². The molecule has 3 aromatic carbocycles. The van der Waals surface area contributed by atoms with Crippen LogP contribution in [0.1, 0.15) is 66.2 Å². The maximum atomic E-state index is 10.8. The van der Waals surface area contributed by atoms with E-state index in [9.17, 15) is 10.2 Å². The Hall–Kier alpha value is -2.10. The average Bonchev–Trinajstić information content (AvgIpc) is 3.11. The van der Waals surface area contributed by atoms with Crippen molar-refractivity contribution in [3.63, 3.8) is 0 Å². The van der Waals surface area contributed by atoms with Gasteiger partial charge in [0, 0.05) is 31.4 Å². The molecule has 2 aliphatic carbocycles. The molecule has 0 bridgehead atoms. The molecule has 0 amide bonds. The summed E-state index contributed by atoms with van der Waals surface area (Å²) >= 11 is 0. The van der Waals surface area contributed by atoms with Crippen LogP contribution in [0.15, 0.2) is 72.8 Å². The number of pyridine rings is 1. The van der Waals surface area contributed by atoms with Crippen molar-refractivity contribution in [3.05, 3.63) is 78.9 Å². The SMILES string of the molecule is CC1(C)CCCC2CCCC(C)(C)C(O)C2C1O.[Ir].[c-]1ccccc1-c1ccc2ccc3ccccc3c2n1. The van der Waals surface area contributed by atoms with E-state index in [-0.39, 0.29) is 49.1 Å². The molecule has 4 heteroatoms. The summed E-state index contributed by atoms with van der Waals surface area (Å²) in [5.74, 6) is 0.582. The van der Waals surface area contributed by atoms with Crippen molar-refractivity contribution >= 4 is 21.7 Å². The molecule has 0 spiro atoms. The fourth-order valence-corrected chi connectivity index (χ4v) is 6.76. The van der Waals surface area contributed by atoms with Gasteiger partial charge in [0.2, 0.25) is 0 Å². The molecule has 2 saturated carbocycles. The standard InChI is InChI=1S/C19H12N.C16H30O2.Ir/c1-2-7-15(8-3-1)18-13-12-16-11-10-14-6-4-5-9-17(14)19(16)20-18;1-15(2)9-5-7-11-8-6-10-16(3,4)14(18)12(11)13(15)17;/h1-7,9-13H;11-14,17-18H,5-10H2,1-4H3;/q-1;;. The molecule has 0 saturated heterocycles. The first-order chi connectivity index (χ1) is 18.2. The second-order valence-electron chi connectivity index (χ2n) is 12.8. The molecular weight excluding hydrogens is 659 g/mol. The number of nitrogens with zero attached hydrogens (tertiary/aromatic N) is 1. The van der Waals surface area contributed by atoms with Crippen LogP contribution in [0, 0.1) is 28.7 Å². The third-order valence-corrected chi connectivity index (χ3v) is 9.24. The van der Waals surface area contributed by atoms with Crippen LogP contribution in [-0.2, 0) is 20.1 Å². The Labute approximate surface area is 247 Å². The van der Waals surface area contributed by atoms with E-state index in [1.807, 2.05) is 24.3 Å². The second kappa shape index (κ2) is 12.2. The quantitative estimate of drug-likeness (QED) is 0.156. The normalized spacial score (nSPS) is 25.8. The van der Waals surface area contributed by atoms with Crippen molar-refractivity contribution < 1.29 is 30.3 Å². The van der Waals surface area contributed by atoms with Crippen molar-refractivity contribution in [3.8, 4) is 11.3 Å². The van der Waals surface area contributed by atoms with Crippen molar-refractivity contribution in [1.29, 1.82) is 0 Å². The molecule has 2 N–H and O–H groups in total. The molecule has 1 heterocycles. The number of aliphatic hydroxyl groups is 2. The van der Waals surface area contributed by atoms with E-state index in [4.69, 9.17) is 4.98 Å². The Balaban J connectivity index is 0.000000178. The molecule has 2 fully saturated rings. The van der Waals surface area contributed by atoms with Gasteiger partial charge in [-0.15, -0.1) is 35.9 Å². The zero-order valence-corrected chi connectivity index (χ0v) is 26.1. The Morgan fingerprint density at radius 2 is 1.33 bits per heavy atom. The summed E-state index contributed by atoms with van der Waals surface area (Å²) in [6.07, 6.45) is 6.17. The summed E-state index contributed by atoms with van der Waals surface area (Å²) in [6.45, 7) is 8.63. The Bertz CT molecular complexity index is 1360. The van der Waals surface area contributed by atoms with Gasteiger partial charge in [-0.3, -0.25) is 4.98 Å². The Morgan fingerprint density at radius 3 is 1.97 bits per heavy atom. The second-order valence-corrected chi connectivity index (χ2v) is 12.8. The van der Waals surface area contributed by atoms with Crippen LogP contribution in [0.2, 0.25) is 0 Å². The van der Waals surface area contributed by atoms with E-state index in [1.165, 1.54) is 41.8 Å². The topological polar surface area (TPSA) is 53.4 Å². The summed E-state index contributed by atoms with van der Waals surface area (Å²) in [6, 6.07) is 28.0. The van der Waals surface area contributed by atoms with Gasteiger partial charge in [0.15, 0.2) is 0 Å². The van der Waals surface area contributed by atoms with E-state index < -0.39 is 0 Å². The number of hydrogen-bond donors (Lipinski definition) is 2. The molecular formula is C35H42IrNO2-. The maximum absolute atomic E-state index is 10.8. The molecule has 3 nitrogen and oxygen atoms in total. The first-order valence-corrected chi connectivity index (χ1v) is 14.3. The van der Waals surface area contributed by atoms with Gasteiger partial charge in [-0.1, -0.05) is 89.1 Å². The van der Waals surface area contributed by atoms with Crippen LogP contribution in [0.25, 0.3) is 32.9 Å². The smallest absolute Gasteiger partial charge is 0.0673 e. The molecule has 2 unspecified atom stereocenters. The van der Waals surface area contributed by atoms with Gasteiger partial charge in [0.25, 0.3) is 0 Å². The van der Waals surface area contributed by atoms with Gasteiger partial charge in [0.05, 0.1) is 17.7 Å². The third-order valence-electron chi connectivity index (χ3n) is 9.24. The maximum Gasteiger partial charge on any atom is 0.0673 e. The van der Waals surface area contributed by atoms with Gasteiger partial charge in [-0.25, -0.2) is 0 Å². The van der Waals surface area contributed by atoms with Crippen LogP contribution in [-0.4, -0.2) is 27.4 Å². The summed E-state index contributed by atoms with van der Waals surface area (Å²) < 4.78 is 0. The van der Waals surface area contributed by atoms with E-state index in [1.54, 1.807) is 0 Å². The zero-order valence-electron chi connectivity index (χ0n) is 23.7. The number of aliphatic hydroxyl groups excluding tert-OH is 2. The summed E-state index contributed by atoms with van der Waals surface area (Å²) in [4.78, 5) is 4.84. The minimum atomic E-state index is -0.364. The minimum absolute atomic E-state index is 0. The Morgan fingerprint density at radius 1 is 0.744 bits per heavy atom. The van der Waals surface area contributed by atoms with Crippen LogP contribution in [0.3, 0.4) is 0 Å². The molecule has 2 aliphatic rings. The third kappa shape index (κ3) is 6.30. The molecule has 0 aliphatic heterocycles. The van der Waals surface area contributed by atoms with Gasteiger partial charge in [-0.05, 0) is 58.9 Å². The van der Waals surface area contributed by atoms with Gasteiger partial charge in [0.1, 0.15) is 0 Å². The molecule has 1 radical (unpaired) electrons. The fourth-order valence-electron chi connectivity index (χ4n) is 6.76. The molecule has 6 rings (SSSR count). The number of hydrogen-bond acceptors (Lipinski definition) is 3. The molecule has 1 aromatic heterocycles. The number of rotatable bonds is 1. The van der Waals surface area contributed by atoms with E-state index in [2.05, 4.69) is 82.3 Å². The zero-order chi connectivity index (χ0) is 26.9. The van der Waals surface area contributed by atoms with E-state index >= 15 is 0 Å². The van der Waals surface area contributed by atoms with Crippen LogP contribution < -0.4 is 0 Å². The summed E-state index contributed by atoms with van der Waals surface area (Å²) in [7, 11) is 0. The minimum Gasteiger partial charge on any atom is -0.392 e. The molecule has 4 aromatic rings. The Kier molecular flexibility index (Phi) is 9.33. The van der Waals surface area contributed by atoms with Gasteiger partial charge >= 0.3 is 0 Å². The van der Waals surface area contributed by atoms with Gasteiger partial charge < -0.3 is 10.2 Å². The number of fused-ring (bicyclic) bond motifs is 4. The van der Waals surface area contributed by atoms with E-state index in [0.717, 1.165) is 29.6 Å². The molecule has 209 valence electrons. The van der Waals surface area contributed by atoms with Crippen molar-refractivity contribution in [2.75, 3.05) is 0 Å². The average molecular weight is 701 g/mol. The molecule has 2 atom stereocenters. The van der Waals surface area contributed by atoms with Crippen LogP contribution in [0.4, 0.5) is 0 Å². The predicted molar refractivity (Wildman–Crippen MR) is 158 cm³/mol. The number of aromatic nitrogens is 1. The first kappa shape index (κ1) is 29.9. The van der Waals surface area contributed by atoms with E-state index in [0.29, 0.717) is 5.92 Å².